The Bertz CT molecular complexity index is 407. The quantitative estimate of drug-likeness (QED) is 0.684. The van der Waals surface area contributed by atoms with Crippen molar-refractivity contribution in [3.8, 4) is 0 Å². The van der Waals surface area contributed by atoms with E-state index in [-0.39, 0.29) is 0 Å². The van der Waals surface area contributed by atoms with Crippen LogP contribution in [0.2, 0.25) is 5.02 Å². The highest BCUT2D eigenvalue weighted by atomic mass is 79.9. The molecule has 1 aliphatic rings. The lowest BCUT2D eigenvalue weighted by atomic mass is 9.85. The van der Waals surface area contributed by atoms with Crippen LogP contribution in [0.5, 0.6) is 0 Å². The van der Waals surface area contributed by atoms with Gasteiger partial charge >= 0.3 is 0 Å². The molecule has 0 aliphatic heterocycles. The predicted octanol–water partition coefficient (Wildman–Crippen LogP) is 5.25. The van der Waals surface area contributed by atoms with E-state index in [1.807, 2.05) is 6.07 Å². The molecule has 3 heteroatoms. The Kier molecular flexibility index (Phi) is 4.97. The summed E-state index contributed by atoms with van der Waals surface area (Å²) in [6, 6.07) is 6.88. The molecule has 1 nitrogen and oxygen atoms in total. The van der Waals surface area contributed by atoms with Gasteiger partial charge in [-0.15, -0.1) is 0 Å². The molecule has 1 fully saturated rings. The van der Waals surface area contributed by atoms with Crippen LogP contribution in [0.25, 0.3) is 0 Å². The minimum atomic E-state index is 0.665. The van der Waals surface area contributed by atoms with Gasteiger partial charge in [0.15, 0.2) is 0 Å². The number of alkyl halides is 1. The van der Waals surface area contributed by atoms with Gasteiger partial charge in [0.1, 0.15) is 0 Å². The highest BCUT2D eigenvalue weighted by Gasteiger charge is 2.26. The lowest BCUT2D eigenvalue weighted by molar-refractivity contribution is 0.321. The van der Waals surface area contributed by atoms with Gasteiger partial charge in [-0.2, -0.15) is 0 Å². The minimum Gasteiger partial charge on any atom is -0.371 e. The molecule has 1 saturated carbocycles. The summed E-state index contributed by atoms with van der Waals surface area (Å²) in [5, 5.41) is 1.67. The SMILES string of the molecule is CC1CCCCC1N(C)c1ccc(Cl)cc1CBr. The molecule has 0 aromatic heterocycles. The Balaban J connectivity index is 2.24. The molecular formula is C15H21BrClN. The standard InChI is InChI=1S/C15H21BrClN/c1-11-5-3-4-6-14(11)18(2)15-8-7-13(17)9-12(15)10-16/h7-9,11,14H,3-6,10H2,1-2H3. The van der Waals surface area contributed by atoms with Gasteiger partial charge in [-0.25, -0.2) is 0 Å². The number of hydrogen-bond donors (Lipinski definition) is 0. The first kappa shape index (κ1) is 14.2. The maximum absolute atomic E-state index is 6.08. The Morgan fingerprint density at radius 2 is 2.06 bits per heavy atom. The zero-order chi connectivity index (χ0) is 13.1. The highest BCUT2D eigenvalue weighted by molar-refractivity contribution is 9.08. The maximum Gasteiger partial charge on any atom is 0.0410 e. The number of hydrogen-bond acceptors (Lipinski definition) is 1. The summed E-state index contributed by atoms with van der Waals surface area (Å²) in [4.78, 5) is 2.46. The van der Waals surface area contributed by atoms with E-state index in [9.17, 15) is 0 Å². The van der Waals surface area contributed by atoms with Gasteiger partial charge in [-0.3, -0.25) is 0 Å². The number of anilines is 1. The summed E-state index contributed by atoms with van der Waals surface area (Å²) in [6.45, 7) is 2.38. The van der Waals surface area contributed by atoms with E-state index in [1.54, 1.807) is 0 Å². The van der Waals surface area contributed by atoms with Gasteiger partial charge in [0.25, 0.3) is 0 Å². The van der Waals surface area contributed by atoms with Crippen LogP contribution in [0.15, 0.2) is 18.2 Å². The average molecular weight is 331 g/mol. The molecule has 2 atom stereocenters. The van der Waals surface area contributed by atoms with Gasteiger partial charge in [0, 0.05) is 29.1 Å². The van der Waals surface area contributed by atoms with E-state index >= 15 is 0 Å². The average Bonchev–Trinajstić information content (AvgIpc) is 2.38. The predicted molar refractivity (Wildman–Crippen MR) is 83.9 cm³/mol. The molecule has 2 rings (SSSR count). The molecule has 1 aromatic rings. The van der Waals surface area contributed by atoms with Crippen molar-refractivity contribution in [3.05, 3.63) is 28.8 Å². The van der Waals surface area contributed by atoms with Crippen LogP contribution >= 0.6 is 27.5 Å². The zero-order valence-electron chi connectivity index (χ0n) is 11.1. The summed E-state index contributed by atoms with van der Waals surface area (Å²) in [6.07, 6.45) is 5.41. The largest absolute Gasteiger partial charge is 0.371 e. The van der Waals surface area contributed by atoms with Crippen LogP contribution in [0.3, 0.4) is 0 Å². The van der Waals surface area contributed by atoms with E-state index in [0.29, 0.717) is 6.04 Å². The molecular weight excluding hydrogens is 310 g/mol. The molecule has 0 spiro atoms. The molecule has 0 N–H and O–H groups in total. The Hall–Kier alpha value is -0.210. The van der Waals surface area contributed by atoms with Crippen LogP contribution in [-0.4, -0.2) is 13.1 Å². The summed E-state index contributed by atoms with van der Waals surface area (Å²) >= 11 is 9.64. The Labute approximate surface area is 124 Å². The number of rotatable bonds is 3. The molecule has 0 heterocycles. The second kappa shape index (κ2) is 6.29. The smallest absolute Gasteiger partial charge is 0.0410 e. The molecule has 18 heavy (non-hydrogen) atoms. The summed E-state index contributed by atoms with van der Waals surface area (Å²) in [7, 11) is 2.22. The van der Waals surface area contributed by atoms with E-state index in [0.717, 1.165) is 16.3 Å². The first-order valence-electron chi connectivity index (χ1n) is 6.70. The van der Waals surface area contributed by atoms with Gasteiger partial charge in [0.2, 0.25) is 0 Å². The van der Waals surface area contributed by atoms with Crippen molar-refractivity contribution in [2.24, 2.45) is 5.92 Å². The van der Waals surface area contributed by atoms with Crippen LogP contribution in [0, 0.1) is 5.92 Å². The first-order valence-corrected chi connectivity index (χ1v) is 8.20. The van der Waals surface area contributed by atoms with Crippen molar-refractivity contribution < 1.29 is 0 Å². The molecule has 100 valence electrons. The van der Waals surface area contributed by atoms with Crippen molar-refractivity contribution in [3.63, 3.8) is 0 Å². The monoisotopic (exact) mass is 329 g/mol. The third-order valence-electron chi connectivity index (χ3n) is 4.13. The van der Waals surface area contributed by atoms with Crippen molar-refractivity contribution in [2.45, 2.75) is 44.0 Å². The fraction of sp³-hybridized carbons (Fsp3) is 0.600. The first-order chi connectivity index (χ1) is 8.63. The maximum atomic E-state index is 6.08. The molecule has 2 unspecified atom stereocenters. The lowest BCUT2D eigenvalue weighted by Crippen LogP contribution is -2.39. The summed E-state index contributed by atoms with van der Waals surface area (Å²) < 4.78 is 0. The Morgan fingerprint density at radius 3 is 2.72 bits per heavy atom. The third-order valence-corrected chi connectivity index (χ3v) is 4.97. The molecule has 0 bridgehead atoms. The Morgan fingerprint density at radius 1 is 1.33 bits per heavy atom. The molecule has 1 aromatic carbocycles. The topological polar surface area (TPSA) is 3.24 Å². The van der Waals surface area contributed by atoms with Crippen LogP contribution < -0.4 is 4.90 Å². The van der Waals surface area contributed by atoms with E-state index in [2.05, 4.69) is 46.9 Å². The third kappa shape index (κ3) is 3.03. The van der Waals surface area contributed by atoms with Gasteiger partial charge in [-0.1, -0.05) is 47.3 Å². The normalized spacial score (nSPS) is 24.0. The number of nitrogens with zero attached hydrogens (tertiary/aromatic N) is 1. The van der Waals surface area contributed by atoms with Crippen molar-refractivity contribution in [1.82, 2.24) is 0 Å². The van der Waals surface area contributed by atoms with E-state index in [4.69, 9.17) is 11.6 Å². The van der Waals surface area contributed by atoms with Gasteiger partial charge in [0.05, 0.1) is 0 Å². The highest BCUT2D eigenvalue weighted by Crippen LogP contribution is 2.33. The van der Waals surface area contributed by atoms with Gasteiger partial charge in [-0.05, 0) is 42.5 Å². The van der Waals surface area contributed by atoms with Crippen molar-refractivity contribution in [2.75, 3.05) is 11.9 Å². The van der Waals surface area contributed by atoms with Crippen LogP contribution in [0.4, 0.5) is 5.69 Å². The summed E-state index contributed by atoms with van der Waals surface area (Å²) in [5.41, 5.74) is 2.60. The molecule has 1 aliphatic carbocycles. The minimum absolute atomic E-state index is 0.665. The fourth-order valence-electron chi connectivity index (χ4n) is 3.06. The van der Waals surface area contributed by atoms with Crippen LogP contribution in [0.1, 0.15) is 38.2 Å². The molecule has 0 amide bonds. The van der Waals surface area contributed by atoms with Crippen molar-refractivity contribution >= 4 is 33.2 Å². The molecule has 0 saturated heterocycles. The fourth-order valence-corrected chi connectivity index (χ4v) is 3.70. The van der Waals surface area contributed by atoms with E-state index < -0.39 is 0 Å². The molecule has 0 radical (unpaired) electrons. The zero-order valence-corrected chi connectivity index (χ0v) is 13.5. The van der Waals surface area contributed by atoms with E-state index in [1.165, 1.54) is 36.9 Å². The lowest BCUT2D eigenvalue weighted by Gasteiger charge is -2.38. The second-order valence-electron chi connectivity index (χ2n) is 5.35. The number of benzene rings is 1. The van der Waals surface area contributed by atoms with Crippen molar-refractivity contribution in [1.29, 1.82) is 0 Å². The summed E-state index contributed by atoms with van der Waals surface area (Å²) in [5.74, 6) is 0.780. The van der Waals surface area contributed by atoms with Crippen LogP contribution in [-0.2, 0) is 5.33 Å². The second-order valence-corrected chi connectivity index (χ2v) is 6.34. The van der Waals surface area contributed by atoms with Gasteiger partial charge < -0.3 is 4.90 Å². The number of halogens is 2.